The van der Waals surface area contributed by atoms with Gasteiger partial charge in [0.25, 0.3) is 0 Å². The van der Waals surface area contributed by atoms with Gasteiger partial charge in [0, 0.05) is 0 Å². The molecule has 1 atom stereocenters. The van der Waals surface area contributed by atoms with Crippen molar-refractivity contribution in [3.8, 4) is 0 Å². The minimum absolute atomic E-state index is 0.406. The quantitative estimate of drug-likeness (QED) is 0.891. The highest BCUT2D eigenvalue weighted by molar-refractivity contribution is 5.67. The van der Waals surface area contributed by atoms with Gasteiger partial charge in [-0.1, -0.05) is 30.3 Å². The van der Waals surface area contributed by atoms with Gasteiger partial charge in [-0.25, -0.2) is 4.79 Å². The molecule has 0 aromatic heterocycles. The second-order valence-electron chi connectivity index (χ2n) is 3.47. The number of nitrogens with one attached hydrogen (secondary N) is 1. The number of carbonyl (C=O) groups excluding carboxylic acids is 1. The van der Waals surface area contributed by atoms with Crippen LogP contribution in [0.1, 0.15) is 18.5 Å². The summed E-state index contributed by atoms with van der Waals surface area (Å²) in [5.74, 6) is 0. The first-order valence-electron chi connectivity index (χ1n) is 4.93. The number of alkyl carbamates (subject to hydrolysis) is 1. The monoisotopic (exact) mass is 247 g/mol. The normalized spacial score (nSPS) is 12.9. The van der Waals surface area contributed by atoms with Crippen LogP contribution < -0.4 is 5.32 Å². The molecule has 1 amide bonds. The first-order chi connectivity index (χ1) is 7.88. The molecule has 0 saturated heterocycles. The van der Waals surface area contributed by atoms with Crippen LogP contribution in [-0.2, 0) is 4.74 Å². The number of benzene rings is 1. The Morgan fingerprint density at radius 2 is 1.94 bits per heavy atom. The van der Waals surface area contributed by atoms with E-state index in [0.717, 1.165) is 5.56 Å². The summed E-state index contributed by atoms with van der Waals surface area (Å²) in [6.45, 7) is 0.0739. The van der Waals surface area contributed by atoms with E-state index in [-0.39, 0.29) is 0 Å². The maximum absolute atomic E-state index is 11.8. The van der Waals surface area contributed by atoms with Crippen LogP contribution in [-0.4, -0.2) is 18.9 Å². The van der Waals surface area contributed by atoms with E-state index in [1.54, 1.807) is 37.3 Å². The highest BCUT2D eigenvalue weighted by Crippen LogP contribution is 2.15. The summed E-state index contributed by atoms with van der Waals surface area (Å²) in [5, 5.41) is 2.31. The molecule has 17 heavy (non-hydrogen) atoms. The minimum Gasteiger partial charge on any atom is -0.440 e. The molecule has 6 heteroatoms. The summed E-state index contributed by atoms with van der Waals surface area (Å²) in [5.41, 5.74) is 0.788. The molecule has 0 spiro atoms. The third kappa shape index (κ3) is 5.24. The molecule has 1 unspecified atom stereocenters. The molecule has 0 heterocycles. The predicted octanol–water partition coefficient (Wildman–Crippen LogP) is 3.04. The van der Waals surface area contributed by atoms with E-state index in [9.17, 15) is 18.0 Å². The number of rotatable bonds is 3. The molecule has 0 bridgehead atoms. The lowest BCUT2D eigenvalue weighted by Gasteiger charge is -2.14. The number of ether oxygens (including phenoxy) is 1. The van der Waals surface area contributed by atoms with Crippen molar-refractivity contribution < 1.29 is 22.7 Å². The second kappa shape index (κ2) is 5.56. The summed E-state index contributed by atoms with van der Waals surface area (Å²) in [6.07, 6.45) is -5.59. The fraction of sp³-hybridized carbons (Fsp3) is 0.364. The van der Waals surface area contributed by atoms with Gasteiger partial charge in [0.15, 0.2) is 6.61 Å². The summed E-state index contributed by atoms with van der Waals surface area (Å²) >= 11 is 0. The number of hydrogen-bond acceptors (Lipinski definition) is 2. The summed E-state index contributed by atoms with van der Waals surface area (Å²) in [6, 6.07) is 8.46. The Labute approximate surface area is 96.6 Å². The molecule has 0 saturated carbocycles. The Bertz CT molecular complexity index is 365. The Hall–Kier alpha value is -1.72. The average molecular weight is 247 g/mol. The third-order valence-electron chi connectivity index (χ3n) is 2.00. The van der Waals surface area contributed by atoms with Crippen LogP contribution in [0, 0.1) is 0 Å². The van der Waals surface area contributed by atoms with Crippen LogP contribution in [0.2, 0.25) is 0 Å². The zero-order valence-electron chi connectivity index (χ0n) is 9.12. The molecule has 3 nitrogen and oxygen atoms in total. The molecular formula is C11H12F3NO2. The average Bonchev–Trinajstić information content (AvgIpc) is 2.27. The zero-order chi connectivity index (χ0) is 12.9. The van der Waals surface area contributed by atoms with Gasteiger partial charge in [-0.15, -0.1) is 0 Å². The number of hydrogen-bond donors (Lipinski definition) is 1. The first-order valence-corrected chi connectivity index (χ1v) is 4.93. The number of halogens is 3. The fourth-order valence-electron chi connectivity index (χ4n) is 1.19. The SMILES string of the molecule is CC(NC(=O)OCC(F)(F)F)c1ccccc1. The van der Waals surface area contributed by atoms with E-state index in [0.29, 0.717) is 0 Å². The van der Waals surface area contributed by atoms with Crippen molar-refractivity contribution in [2.75, 3.05) is 6.61 Å². The van der Waals surface area contributed by atoms with Gasteiger partial charge in [-0.3, -0.25) is 0 Å². The lowest BCUT2D eigenvalue weighted by atomic mass is 10.1. The predicted molar refractivity (Wildman–Crippen MR) is 55.4 cm³/mol. The van der Waals surface area contributed by atoms with E-state index in [1.165, 1.54) is 0 Å². The van der Waals surface area contributed by atoms with Crippen molar-refractivity contribution in [1.82, 2.24) is 5.32 Å². The smallest absolute Gasteiger partial charge is 0.422 e. The number of carbonyl (C=O) groups is 1. The lowest BCUT2D eigenvalue weighted by Crippen LogP contribution is -2.30. The Balaban J connectivity index is 2.42. The topological polar surface area (TPSA) is 38.3 Å². The van der Waals surface area contributed by atoms with Gasteiger partial charge in [-0.2, -0.15) is 13.2 Å². The van der Waals surface area contributed by atoms with Crippen LogP contribution in [0.15, 0.2) is 30.3 Å². The van der Waals surface area contributed by atoms with Crippen molar-refractivity contribution in [2.24, 2.45) is 0 Å². The summed E-state index contributed by atoms with van der Waals surface area (Å²) < 4.78 is 39.3. The molecule has 0 aliphatic carbocycles. The molecule has 1 N–H and O–H groups in total. The van der Waals surface area contributed by atoms with Crippen molar-refractivity contribution in [2.45, 2.75) is 19.1 Å². The van der Waals surface area contributed by atoms with Gasteiger partial charge >= 0.3 is 12.3 Å². The molecule has 1 aromatic rings. The van der Waals surface area contributed by atoms with Gasteiger partial charge in [0.1, 0.15) is 0 Å². The molecule has 0 fully saturated rings. The maximum Gasteiger partial charge on any atom is 0.422 e. The zero-order valence-corrected chi connectivity index (χ0v) is 9.12. The molecule has 94 valence electrons. The number of amides is 1. The van der Waals surface area contributed by atoms with E-state index >= 15 is 0 Å². The molecule has 1 rings (SSSR count). The summed E-state index contributed by atoms with van der Waals surface area (Å²) in [7, 11) is 0. The van der Waals surface area contributed by atoms with Crippen molar-refractivity contribution in [3.05, 3.63) is 35.9 Å². The molecule has 1 aromatic carbocycles. The Kier molecular flexibility index (Phi) is 4.37. The molecule has 0 aliphatic heterocycles. The van der Waals surface area contributed by atoms with Gasteiger partial charge in [-0.05, 0) is 12.5 Å². The number of alkyl halides is 3. The van der Waals surface area contributed by atoms with Crippen LogP contribution in [0.3, 0.4) is 0 Å². The van der Waals surface area contributed by atoms with E-state index in [1.807, 2.05) is 0 Å². The van der Waals surface area contributed by atoms with Crippen LogP contribution in [0.25, 0.3) is 0 Å². The lowest BCUT2D eigenvalue weighted by molar-refractivity contribution is -0.160. The van der Waals surface area contributed by atoms with E-state index in [4.69, 9.17) is 0 Å². The largest absolute Gasteiger partial charge is 0.440 e. The Morgan fingerprint density at radius 3 is 2.47 bits per heavy atom. The summed E-state index contributed by atoms with van der Waals surface area (Å²) in [4.78, 5) is 11.0. The van der Waals surface area contributed by atoms with Crippen LogP contribution in [0.4, 0.5) is 18.0 Å². The van der Waals surface area contributed by atoms with Crippen LogP contribution >= 0.6 is 0 Å². The highest BCUT2D eigenvalue weighted by Gasteiger charge is 2.29. The maximum atomic E-state index is 11.8. The minimum atomic E-state index is -4.51. The van der Waals surface area contributed by atoms with Gasteiger partial charge < -0.3 is 10.1 Å². The van der Waals surface area contributed by atoms with E-state index in [2.05, 4.69) is 10.1 Å². The second-order valence-corrected chi connectivity index (χ2v) is 3.47. The van der Waals surface area contributed by atoms with Crippen molar-refractivity contribution in [1.29, 1.82) is 0 Å². The van der Waals surface area contributed by atoms with Gasteiger partial charge in [0.2, 0.25) is 0 Å². The van der Waals surface area contributed by atoms with Crippen LogP contribution in [0.5, 0.6) is 0 Å². The fourth-order valence-corrected chi connectivity index (χ4v) is 1.19. The van der Waals surface area contributed by atoms with Crippen molar-refractivity contribution >= 4 is 6.09 Å². The van der Waals surface area contributed by atoms with Gasteiger partial charge in [0.05, 0.1) is 6.04 Å². The molecule has 0 aliphatic rings. The third-order valence-corrected chi connectivity index (χ3v) is 2.00. The Morgan fingerprint density at radius 1 is 1.35 bits per heavy atom. The standard InChI is InChI=1S/C11H12F3NO2/c1-8(9-5-3-2-4-6-9)15-10(16)17-7-11(12,13)14/h2-6,8H,7H2,1H3,(H,15,16). The first kappa shape index (κ1) is 13.3. The van der Waals surface area contributed by atoms with E-state index < -0.39 is 24.9 Å². The highest BCUT2D eigenvalue weighted by atomic mass is 19.4. The molecular weight excluding hydrogens is 235 g/mol. The molecule has 0 radical (unpaired) electrons. The van der Waals surface area contributed by atoms with Crippen molar-refractivity contribution in [3.63, 3.8) is 0 Å².